The summed E-state index contributed by atoms with van der Waals surface area (Å²) in [6.45, 7) is 1.75. The molecular formula is C10H9NO3S. The van der Waals surface area contributed by atoms with Gasteiger partial charge in [-0.15, -0.1) is 0 Å². The molecule has 0 saturated carbocycles. The van der Waals surface area contributed by atoms with Crippen LogP contribution in [0.4, 0.5) is 0 Å². The van der Waals surface area contributed by atoms with Crippen molar-refractivity contribution in [3.8, 4) is 0 Å². The third-order valence-corrected chi connectivity index (χ3v) is 3.11. The number of rotatable bonds is 1. The predicted octanol–water partition coefficient (Wildman–Crippen LogP) is 1.79. The van der Waals surface area contributed by atoms with E-state index in [4.69, 9.17) is 4.55 Å². The summed E-state index contributed by atoms with van der Waals surface area (Å²) < 4.78 is 31.3. The quantitative estimate of drug-likeness (QED) is 0.748. The second kappa shape index (κ2) is 3.29. The van der Waals surface area contributed by atoms with Crippen molar-refractivity contribution >= 4 is 20.9 Å². The summed E-state index contributed by atoms with van der Waals surface area (Å²) in [5, 5.41) is 1.22. The highest BCUT2D eigenvalue weighted by Gasteiger charge is 2.14. The van der Waals surface area contributed by atoms with E-state index in [1.165, 1.54) is 6.07 Å². The van der Waals surface area contributed by atoms with Crippen molar-refractivity contribution in [3.05, 3.63) is 36.2 Å². The van der Waals surface area contributed by atoms with Crippen LogP contribution >= 0.6 is 0 Å². The molecule has 0 radical (unpaired) electrons. The maximum absolute atomic E-state index is 11.1. The van der Waals surface area contributed by atoms with Crippen LogP contribution in [-0.2, 0) is 10.1 Å². The zero-order chi connectivity index (χ0) is 11.1. The highest BCUT2D eigenvalue weighted by molar-refractivity contribution is 7.86. The molecule has 5 heteroatoms. The second-order valence-corrected chi connectivity index (χ2v) is 4.68. The van der Waals surface area contributed by atoms with Crippen molar-refractivity contribution in [2.24, 2.45) is 0 Å². The lowest BCUT2D eigenvalue weighted by atomic mass is 10.1. The van der Waals surface area contributed by atoms with Crippen molar-refractivity contribution in [1.29, 1.82) is 0 Å². The Morgan fingerprint density at radius 3 is 2.67 bits per heavy atom. The van der Waals surface area contributed by atoms with Crippen molar-refractivity contribution in [2.75, 3.05) is 0 Å². The molecular weight excluding hydrogens is 214 g/mol. The third kappa shape index (κ3) is 1.71. The molecule has 0 aliphatic rings. The van der Waals surface area contributed by atoms with E-state index in [0.29, 0.717) is 10.8 Å². The Morgan fingerprint density at radius 1 is 1.27 bits per heavy atom. The standard InChI is InChI=1S/C10H9NO3S/c1-7-5-11-6-8-3-2-4-9(10(7)8)15(12,13)14/h2-6H,1H3,(H,12,13,14). The molecule has 1 aromatic heterocycles. The average Bonchev–Trinajstić information content (AvgIpc) is 2.16. The van der Waals surface area contributed by atoms with Crippen LogP contribution < -0.4 is 0 Å². The highest BCUT2D eigenvalue weighted by atomic mass is 32.2. The first-order valence-corrected chi connectivity index (χ1v) is 5.75. The smallest absolute Gasteiger partial charge is 0.282 e. The van der Waals surface area contributed by atoms with Crippen molar-refractivity contribution in [1.82, 2.24) is 4.98 Å². The minimum absolute atomic E-state index is 0.0695. The van der Waals surface area contributed by atoms with Crippen LogP contribution in [0.5, 0.6) is 0 Å². The van der Waals surface area contributed by atoms with Crippen LogP contribution in [-0.4, -0.2) is 18.0 Å². The Labute approximate surface area is 87.3 Å². The summed E-state index contributed by atoms with van der Waals surface area (Å²) in [6, 6.07) is 4.71. The van der Waals surface area contributed by atoms with E-state index in [1.54, 1.807) is 31.5 Å². The molecule has 2 rings (SSSR count). The Bertz CT molecular complexity index is 614. The number of hydrogen-bond acceptors (Lipinski definition) is 3. The molecule has 2 aromatic rings. The number of aromatic nitrogens is 1. The van der Waals surface area contributed by atoms with Gasteiger partial charge in [0.05, 0.1) is 0 Å². The van der Waals surface area contributed by atoms with Crippen LogP contribution in [0.15, 0.2) is 35.5 Å². The highest BCUT2D eigenvalue weighted by Crippen LogP contribution is 2.24. The Balaban J connectivity index is 2.99. The molecule has 78 valence electrons. The summed E-state index contributed by atoms with van der Waals surface area (Å²) in [6.07, 6.45) is 3.13. The van der Waals surface area contributed by atoms with Gasteiger partial charge in [0.2, 0.25) is 0 Å². The molecule has 1 aromatic carbocycles. The van der Waals surface area contributed by atoms with Gasteiger partial charge < -0.3 is 0 Å². The number of nitrogens with zero attached hydrogens (tertiary/aromatic N) is 1. The summed E-state index contributed by atoms with van der Waals surface area (Å²) in [4.78, 5) is 3.89. The van der Waals surface area contributed by atoms with Crippen LogP contribution in [0.2, 0.25) is 0 Å². The van der Waals surface area contributed by atoms with Crippen LogP contribution in [0.3, 0.4) is 0 Å². The zero-order valence-corrected chi connectivity index (χ0v) is 8.82. The van der Waals surface area contributed by atoms with E-state index < -0.39 is 10.1 Å². The number of pyridine rings is 1. The van der Waals surface area contributed by atoms with E-state index in [0.717, 1.165) is 5.56 Å². The Kier molecular flexibility index (Phi) is 2.21. The lowest BCUT2D eigenvalue weighted by Gasteiger charge is -2.05. The largest absolute Gasteiger partial charge is 0.295 e. The van der Waals surface area contributed by atoms with Crippen molar-refractivity contribution < 1.29 is 13.0 Å². The maximum Gasteiger partial charge on any atom is 0.295 e. The molecule has 15 heavy (non-hydrogen) atoms. The van der Waals surface area contributed by atoms with E-state index in [2.05, 4.69) is 4.98 Å². The minimum Gasteiger partial charge on any atom is -0.282 e. The predicted molar refractivity (Wildman–Crippen MR) is 56.3 cm³/mol. The molecule has 0 amide bonds. The number of aryl methyl sites for hydroxylation is 1. The number of fused-ring (bicyclic) bond motifs is 1. The zero-order valence-electron chi connectivity index (χ0n) is 8.01. The lowest BCUT2D eigenvalue weighted by molar-refractivity contribution is 0.484. The van der Waals surface area contributed by atoms with E-state index in [-0.39, 0.29) is 4.90 Å². The van der Waals surface area contributed by atoms with Gasteiger partial charge in [0, 0.05) is 23.2 Å². The SMILES string of the molecule is Cc1cncc2cccc(S(=O)(=O)O)c12. The Morgan fingerprint density at radius 2 is 2.00 bits per heavy atom. The van der Waals surface area contributed by atoms with Gasteiger partial charge in [-0.05, 0) is 18.6 Å². The molecule has 0 unspecified atom stereocenters. The molecule has 0 spiro atoms. The molecule has 0 saturated heterocycles. The topological polar surface area (TPSA) is 67.3 Å². The number of hydrogen-bond donors (Lipinski definition) is 1. The molecule has 0 aliphatic carbocycles. The molecule has 1 N–H and O–H groups in total. The average molecular weight is 223 g/mol. The molecule has 0 fully saturated rings. The van der Waals surface area contributed by atoms with Gasteiger partial charge in [-0.1, -0.05) is 12.1 Å². The van der Waals surface area contributed by atoms with Gasteiger partial charge in [-0.3, -0.25) is 9.54 Å². The number of benzene rings is 1. The van der Waals surface area contributed by atoms with Gasteiger partial charge in [0.25, 0.3) is 10.1 Å². The normalized spacial score (nSPS) is 11.9. The first-order chi connectivity index (χ1) is 7.00. The summed E-state index contributed by atoms with van der Waals surface area (Å²) >= 11 is 0. The van der Waals surface area contributed by atoms with E-state index >= 15 is 0 Å². The van der Waals surface area contributed by atoms with E-state index in [9.17, 15) is 8.42 Å². The van der Waals surface area contributed by atoms with Gasteiger partial charge in [0.15, 0.2) is 0 Å². The molecule has 0 bridgehead atoms. The molecule has 0 aliphatic heterocycles. The minimum atomic E-state index is -4.18. The van der Waals surface area contributed by atoms with Gasteiger partial charge in [-0.25, -0.2) is 0 Å². The first kappa shape index (κ1) is 10.1. The summed E-state index contributed by atoms with van der Waals surface area (Å²) in [7, 11) is -4.18. The summed E-state index contributed by atoms with van der Waals surface area (Å²) in [5.74, 6) is 0. The van der Waals surface area contributed by atoms with Crippen molar-refractivity contribution in [3.63, 3.8) is 0 Å². The second-order valence-electron chi connectivity index (χ2n) is 3.29. The van der Waals surface area contributed by atoms with Crippen LogP contribution in [0.25, 0.3) is 10.8 Å². The fraction of sp³-hybridized carbons (Fsp3) is 0.100. The molecule has 4 nitrogen and oxygen atoms in total. The monoisotopic (exact) mass is 223 g/mol. The van der Waals surface area contributed by atoms with E-state index in [1.807, 2.05) is 0 Å². The fourth-order valence-corrected chi connectivity index (χ4v) is 2.37. The fourth-order valence-electron chi connectivity index (χ4n) is 1.59. The molecule has 1 heterocycles. The summed E-state index contributed by atoms with van der Waals surface area (Å²) in [5.41, 5.74) is 0.723. The van der Waals surface area contributed by atoms with Gasteiger partial charge in [-0.2, -0.15) is 8.42 Å². The van der Waals surface area contributed by atoms with Gasteiger partial charge >= 0.3 is 0 Å². The Hall–Kier alpha value is -1.46. The first-order valence-electron chi connectivity index (χ1n) is 4.31. The third-order valence-electron chi connectivity index (χ3n) is 2.21. The van der Waals surface area contributed by atoms with Crippen LogP contribution in [0.1, 0.15) is 5.56 Å². The van der Waals surface area contributed by atoms with Crippen LogP contribution in [0, 0.1) is 6.92 Å². The lowest BCUT2D eigenvalue weighted by Crippen LogP contribution is -2.00. The molecule has 0 atom stereocenters. The van der Waals surface area contributed by atoms with Crippen molar-refractivity contribution in [2.45, 2.75) is 11.8 Å². The van der Waals surface area contributed by atoms with Gasteiger partial charge in [0.1, 0.15) is 4.90 Å². The maximum atomic E-state index is 11.1.